The Balaban J connectivity index is 1.50. The maximum absolute atomic E-state index is 5.58. The molecular weight excluding hydrogens is 320 g/mol. The van der Waals surface area contributed by atoms with E-state index in [2.05, 4.69) is 47.4 Å². The first kappa shape index (κ1) is 16.9. The van der Waals surface area contributed by atoms with Crippen LogP contribution < -0.4 is 10.2 Å². The van der Waals surface area contributed by atoms with Crippen LogP contribution in [0.5, 0.6) is 0 Å². The summed E-state index contributed by atoms with van der Waals surface area (Å²) in [6, 6.07) is 8.38. The van der Waals surface area contributed by atoms with Crippen molar-refractivity contribution in [1.29, 1.82) is 0 Å². The van der Waals surface area contributed by atoms with E-state index in [9.17, 15) is 0 Å². The normalized spacial score (nSPS) is 15.5. The molecule has 24 heavy (non-hydrogen) atoms. The number of benzene rings is 1. The molecule has 0 amide bonds. The molecule has 2 aromatic rings. The summed E-state index contributed by atoms with van der Waals surface area (Å²) in [5.74, 6) is 0.877. The fraction of sp³-hybridized carbons (Fsp3) is 0.444. The highest BCUT2D eigenvalue weighted by Gasteiger charge is 2.22. The van der Waals surface area contributed by atoms with Crippen LogP contribution in [0.3, 0.4) is 0 Å². The number of nitrogens with one attached hydrogen (secondary N) is 2. The maximum atomic E-state index is 5.58. The molecule has 128 valence electrons. The molecule has 6 heteroatoms. The first-order valence-electron chi connectivity index (χ1n) is 8.40. The van der Waals surface area contributed by atoms with Gasteiger partial charge in [0.25, 0.3) is 0 Å². The number of nitrogens with zero attached hydrogens (tertiary/aromatic N) is 2. The second kappa shape index (κ2) is 7.32. The molecule has 0 radical (unpaired) electrons. The van der Waals surface area contributed by atoms with Crippen LogP contribution in [0, 0.1) is 20.8 Å². The van der Waals surface area contributed by atoms with E-state index in [-0.39, 0.29) is 0 Å². The topological polar surface area (TPSA) is 45.7 Å². The van der Waals surface area contributed by atoms with Crippen molar-refractivity contribution in [1.82, 2.24) is 10.1 Å². The van der Waals surface area contributed by atoms with Crippen molar-refractivity contribution >= 4 is 23.0 Å². The molecule has 0 spiro atoms. The van der Waals surface area contributed by atoms with Gasteiger partial charge in [-0.15, -0.1) is 0 Å². The predicted octanol–water partition coefficient (Wildman–Crippen LogP) is 1.70. The van der Waals surface area contributed by atoms with E-state index < -0.39 is 0 Å². The van der Waals surface area contributed by atoms with E-state index in [1.165, 1.54) is 16.0 Å². The molecule has 0 atom stereocenters. The minimum Gasteiger partial charge on any atom is -0.361 e. The monoisotopic (exact) mass is 345 g/mol. The number of thiocarbonyl (C=S) groups is 1. The number of anilines is 1. The fourth-order valence-electron chi connectivity index (χ4n) is 2.98. The molecule has 0 unspecified atom stereocenters. The van der Waals surface area contributed by atoms with Crippen molar-refractivity contribution < 1.29 is 9.42 Å². The summed E-state index contributed by atoms with van der Waals surface area (Å²) in [5, 5.41) is 8.27. The molecule has 1 aromatic heterocycles. The summed E-state index contributed by atoms with van der Waals surface area (Å²) in [6.07, 6.45) is 0. The highest BCUT2D eigenvalue weighted by Crippen LogP contribution is 2.14. The van der Waals surface area contributed by atoms with Crippen LogP contribution >= 0.6 is 12.2 Å². The highest BCUT2D eigenvalue weighted by molar-refractivity contribution is 7.80. The third-order valence-electron chi connectivity index (χ3n) is 4.62. The fourth-order valence-corrected chi connectivity index (χ4v) is 3.28. The van der Waals surface area contributed by atoms with Gasteiger partial charge < -0.3 is 19.6 Å². The third kappa shape index (κ3) is 4.13. The summed E-state index contributed by atoms with van der Waals surface area (Å²) in [6.45, 7) is 11.1. The summed E-state index contributed by atoms with van der Waals surface area (Å²) >= 11 is 5.58. The van der Waals surface area contributed by atoms with Crippen molar-refractivity contribution in [3.63, 3.8) is 0 Å². The number of rotatable bonds is 3. The lowest BCUT2D eigenvalue weighted by Crippen LogP contribution is -3.13. The lowest BCUT2D eigenvalue weighted by Gasteiger charge is -2.33. The van der Waals surface area contributed by atoms with Crippen molar-refractivity contribution in [2.24, 2.45) is 0 Å². The predicted molar refractivity (Wildman–Crippen MR) is 99.4 cm³/mol. The second-order valence-corrected chi connectivity index (χ2v) is 6.96. The average molecular weight is 345 g/mol. The van der Waals surface area contributed by atoms with Crippen molar-refractivity contribution in [2.45, 2.75) is 27.3 Å². The average Bonchev–Trinajstić information content (AvgIpc) is 2.96. The zero-order valence-electron chi connectivity index (χ0n) is 14.6. The SMILES string of the molecule is Cc1cc(C[NH+]2CCN(C(=S)Nc3ccc(C)c(C)c3)CC2)no1. The number of piperazine rings is 1. The van der Waals surface area contributed by atoms with Crippen molar-refractivity contribution in [3.8, 4) is 0 Å². The Morgan fingerprint density at radius 2 is 1.96 bits per heavy atom. The molecule has 3 rings (SSSR count). The summed E-state index contributed by atoms with van der Waals surface area (Å²) in [4.78, 5) is 3.77. The molecule has 0 bridgehead atoms. The van der Waals surface area contributed by atoms with Crippen LogP contribution in [0.1, 0.15) is 22.6 Å². The zero-order valence-corrected chi connectivity index (χ0v) is 15.4. The third-order valence-corrected chi connectivity index (χ3v) is 4.98. The molecule has 0 aliphatic carbocycles. The molecule has 1 aliphatic rings. The molecule has 2 heterocycles. The van der Waals surface area contributed by atoms with E-state index in [0.717, 1.165) is 55.0 Å². The highest BCUT2D eigenvalue weighted by atomic mass is 32.1. The van der Waals surface area contributed by atoms with Gasteiger partial charge in [-0.25, -0.2) is 0 Å². The van der Waals surface area contributed by atoms with Crippen LogP contribution in [0.4, 0.5) is 5.69 Å². The Bertz CT molecular complexity index is 720. The van der Waals surface area contributed by atoms with Crippen LogP contribution in [0.25, 0.3) is 0 Å². The molecule has 1 fully saturated rings. The maximum Gasteiger partial charge on any atom is 0.173 e. The van der Waals surface area contributed by atoms with Gasteiger partial charge in [0.1, 0.15) is 18.0 Å². The van der Waals surface area contributed by atoms with Crippen molar-refractivity contribution in [3.05, 3.63) is 46.8 Å². The lowest BCUT2D eigenvalue weighted by molar-refractivity contribution is -0.917. The zero-order chi connectivity index (χ0) is 17.1. The molecule has 0 saturated carbocycles. The molecule has 2 N–H and O–H groups in total. The number of aromatic nitrogens is 1. The molecule has 1 aromatic carbocycles. The van der Waals surface area contributed by atoms with E-state index >= 15 is 0 Å². The van der Waals surface area contributed by atoms with Gasteiger partial charge >= 0.3 is 0 Å². The van der Waals surface area contributed by atoms with Crippen molar-refractivity contribution in [2.75, 3.05) is 31.5 Å². The smallest absolute Gasteiger partial charge is 0.173 e. The van der Waals surface area contributed by atoms with Crippen LogP contribution in [0.2, 0.25) is 0 Å². The van der Waals surface area contributed by atoms with Crippen LogP contribution in [0.15, 0.2) is 28.8 Å². The number of aryl methyl sites for hydroxylation is 3. The van der Waals surface area contributed by atoms with Gasteiger partial charge in [-0.05, 0) is 56.2 Å². The van der Waals surface area contributed by atoms with Gasteiger partial charge in [0.15, 0.2) is 5.11 Å². The van der Waals surface area contributed by atoms with E-state index in [1.54, 1.807) is 0 Å². The van der Waals surface area contributed by atoms with Crippen LogP contribution in [-0.4, -0.2) is 41.3 Å². The Morgan fingerprint density at radius 3 is 2.58 bits per heavy atom. The number of quaternary nitrogens is 1. The summed E-state index contributed by atoms with van der Waals surface area (Å²) in [7, 11) is 0. The van der Waals surface area contributed by atoms with Gasteiger partial charge in [-0.1, -0.05) is 11.2 Å². The first-order chi connectivity index (χ1) is 11.5. The van der Waals surface area contributed by atoms with Gasteiger partial charge in [0.05, 0.1) is 26.2 Å². The minimum atomic E-state index is 0.814. The Hall–Kier alpha value is -1.92. The quantitative estimate of drug-likeness (QED) is 0.829. The van der Waals surface area contributed by atoms with E-state index in [0.29, 0.717) is 0 Å². The molecule has 1 aliphatic heterocycles. The van der Waals surface area contributed by atoms with Crippen LogP contribution in [-0.2, 0) is 6.54 Å². The van der Waals surface area contributed by atoms with Gasteiger partial charge in [-0.3, -0.25) is 0 Å². The Morgan fingerprint density at radius 1 is 1.21 bits per heavy atom. The standard InChI is InChI=1S/C18H24N4OS/c1-13-4-5-16(10-14(13)2)19-18(24)22-8-6-21(7-9-22)12-17-11-15(3)23-20-17/h4-5,10-11H,6-9,12H2,1-3H3,(H,19,24)/p+1. The first-order valence-corrected chi connectivity index (χ1v) is 8.81. The van der Waals surface area contributed by atoms with Gasteiger partial charge in [0.2, 0.25) is 0 Å². The Labute approximate surface area is 148 Å². The largest absolute Gasteiger partial charge is 0.361 e. The molecule has 1 saturated heterocycles. The summed E-state index contributed by atoms with van der Waals surface area (Å²) < 4.78 is 5.15. The lowest BCUT2D eigenvalue weighted by atomic mass is 10.1. The van der Waals surface area contributed by atoms with E-state index in [1.807, 2.05) is 13.0 Å². The van der Waals surface area contributed by atoms with Gasteiger partial charge in [-0.2, -0.15) is 0 Å². The Kier molecular flexibility index (Phi) is 5.16. The second-order valence-electron chi connectivity index (χ2n) is 6.57. The molecular formula is C18H25N4OS+. The van der Waals surface area contributed by atoms with Gasteiger partial charge in [0, 0.05) is 11.8 Å². The molecule has 5 nitrogen and oxygen atoms in total. The summed E-state index contributed by atoms with van der Waals surface area (Å²) in [5.41, 5.74) is 4.68. The minimum absolute atomic E-state index is 0.814. The number of hydrogen-bond acceptors (Lipinski definition) is 3. The van der Waals surface area contributed by atoms with E-state index in [4.69, 9.17) is 16.7 Å². The number of hydrogen-bond donors (Lipinski definition) is 2.